The van der Waals surface area contributed by atoms with Crippen LogP contribution in [0.25, 0.3) is 0 Å². The van der Waals surface area contributed by atoms with Crippen LogP contribution in [0.4, 0.5) is 4.79 Å². The van der Waals surface area contributed by atoms with Gasteiger partial charge in [-0.25, -0.2) is 9.80 Å². The predicted octanol–water partition coefficient (Wildman–Crippen LogP) is 2.46. The van der Waals surface area contributed by atoms with Crippen molar-refractivity contribution in [3.63, 3.8) is 0 Å². The van der Waals surface area contributed by atoms with Gasteiger partial charge in [-0.05, 0) is 12.5 Å². The lowest BCUT2D eigenvalue weighted by atomic mass is 10.2. The van der Waals surface area contributed by atoms with Gasteiger partial charge in [-0.15, -0.1) is 0 Å². The van der Waals surface area contributed by atoms with Gasteiger partial charge in [0.25, 0.3) is 0 Å². The number of hydrogen-bond acceptors (Lipinski definition) is 4. The zero-order valence-corrected chi connectivity index (χ0v) is 14.6. The highest BCUT2D eigenvalue weighted by Crippen LogP contribution is 2.23. The maximum absolute atomic E-state index is 12.1. The predicted molar refractivity (Wildman–Crippen MR) is 83.3 cm³/mol. The Kier molecular flexibility index (Phi) is 6.41. The molecule has 1 heterocycles. The van der Waals surface area contributed by atoms with Crippen LogP contribution >= 0.6 is 0 Å². The Morgan fingerprint density at radius 1 is 1.43 bits per heavy atom. The van der Waals surface area contributed by atoms with E-state index in [1.165, 1.54) is 24.2 Å². The number of allylic oxidation sites excluding steroid dienone is 1. The Balaban J connectivity index is 2.84. The Morgan fingerprint density at radius 2 is 2.10 bits per heavy atom. The lowest BCUT2D eigenvalue weighted by Crippen LogP contribution is -2.51. The molecule has 0 N–H and O–H groups in total. The first-order valence-electron chi connectivity index (χ1n) is 7.13. The molecule has 6 nitrogen and oxygen atoms in total. The largest absolute Gasteiger partial charge is 0.451 e. The molecule has 0 aromatic carbocycles. The monoisotopic (exact) mass is 314 g/mol. The Labute approximate surface area is 127 Å². The second kappa shape index (κ2) is 7.60. The molecule has 1 atom stereocenters. The van der Waals surface area contributed by atoms with Crippen molar-refractivity contribution in [2.75, 3.05) is 21.0 Å². The summed E-state index contributed by atoms with van der Waals surface area (Å²) in [6.45, 7) is 6.87. The molecule has 0 unspecified atom stereocenters. The van der Waals surface area contributed by atoms with Crippen LogP contribution in [-0.4, -0.2) is 57.1 Å². The second-order valence-corrected chi connectivity index (χ2v) is 11.9. The Hall–Kier alpha value is -1.34. The average molecular weight is 314 g/mol. The van der Waals surface area contributed by atoms with Gasteiger partial charge in [0, 0.05) is 21.6 Å². The van der Waals surface area contributed by atoms with Crippen molar-refractivity contribution in [2.24, 2.45) is 0 Å². The molecule has 1 saturated heterocycles. The van der Waals surface area contributed by atoms with Crippen molar-refractivity contribution in [1.29, 1.82) is 0 Å². The van der Waals surface area contributed by atoms with Crippen molar-refractivity contribution < 1.29 is 19.1 Å². The van der Waals surface area contributed by atoms with Gasteiger partial charge in [0.05, 0.1) is 13.2 Å². The third-order valence-corrected chi connectivity index (χ3v) is 4.67. The van der Waals surface area contributed by atoms with E-state index in [9.17, 15) is 9.59 Å². The smallest absolute Gasteiger partial charge is 0.430 e. The molecule has 0 radical (unpaired) electrons. The van der Waals surface area contributed by atoms with Gasteiger partial charge < -0.3 is 9.47 Å². The molecule has 7 heteroatoms. The number of carbonyl (C=O) groups excluding carboxylic acids is 2. The fraction of sp³-hybridized carbons (Fsp3) is 0.714. The number of hydrazine groups is 1. The van der Waals surface area contributed by atoms with E-state index in [0.29, 0.717) is 12.8 Å². The molecular weight excluding hydrogens is 288 g/mol. The van der Waals surface area contributed by atoms with Crippen LogP contribution in [0, 0.1) is 0 Å². The maximum Gasteiger partial charge on any atom is 0.430 e. The number of amides is 2. The van der Waals surface area contributed by atoms with E-state index in [4.69, 9.17) is 9.47 Å². The van der Waals surface area contributed by atoms with Crippen LogP contribution in [0.2, 0.25) is 25.7 Å². The van der Waals surface area contributed by atoms with E-state index < -0.39 is 14.2 Å². The van der Waals surface area contributed by atoms with Crippen LogP contribution < -0.4 is 0 Å². The second-order valence-electron chi connectivity index (χ2n) is 6.32. The minimum absolute atomic E-state index is 0.00320. The lowest BCUT2D eigenvalue weighted by molar-refractivity contribution is -0.150. The average Bonchev–Trinajstić information content (AvgIpc) is 2.75. The zero-order chi connectivity index (χ0) is 16.0. The molecule has 0 bridgehead atoms. The molecule has 1 aliphatic heterocycles. The van der Waals surface area contributed by atoms with E-state index in [2.05, 4.69) is 25.7 Å². The fourth-order valence-electron chi connectivity index (χ4n) is 2.19. The highest BCUT2D eigenvalue weighted by atomic mass is 28.3. The van der Waals surface area contributed by atoms with Crippen molar-refractivity contribution >= 4 is 20.1 Å². The number of carbonyl (C=O) groups is 2. The third-order valence-electron chi connectivity index (χ3n) is 3.21. The molecule has 0 aromatic heterocycles. The summed E-state index contributed by atoms with van der Waals surface area (Å²) >= 11 is 0. The molecule has 1 rings (SSSR count). The van der Waals surface area contributed by atoms with Crippen LogP contribution in [0.15, 0.2) is 12.2 Å². The molecule has 120 valence electrons. The summed E-state index contributed by atoms with van der Waals surface area (Å²) in [4.78, 5) is 23.9. The van der Waals surface area contributed by atoms with Crippen molar-refractivity contribution in [3.05, 3.63) is 12.2 Å². The Bertz CT molecular complexity index is 406. The van der Waals surface area contributed by atoms with Crippen molar-refractivity contribution in [3.8, 4) is 0 Å². The van der Waals surface area contributed by atoms with Crippen molar-refractivity contribution in [2.45, 2.75) is 44.6 Å². The molecular formula is C14H26N2O4Si. The van der Waals surface area contributed by atoms with E-state index in [1.807, 2.05) is 6.08 Å². The van der Waals surface area contributed by atoms with Gasteiger partial charge in [0.15, 0.2) is 0 Å². The highest BCUT2D eigenvalue weighted by molar-refractivity contribution is 6.76. The van der Waals surface area contributed by atoms with Crippen LogP contribution in [0.1, 0.15) is 12.8 Å². The molecule has 1 aliphatic rings. The standard InChI is InChI=1S/C14H26N2O4Si/c1-19-11-15(14(18)20-2)16-12(8-9-13(16)17)7-6-10-21(3,4)5/h6-7,12H,8-11H2,1-5H3/b7-6+/t12-/m1/s1. The summed E-state index contributed by atoms with van der Waals surface area (Å²) in [5.74, 6) is -0.0832. The van der Waals surface area contributed by atoms with Gasteiger partial charge in [-0.1, -0.05) is 31.8 Å². The first kappa shape index (κ1) is 17.7. The first-order chi connectivity index (χ1) is 9.80. The van der Waals surface area contributed by atoms with E-state index in [0.717, 1.165) is 6.04 Å². The summed E-state index contributed by atoms with van der Waals surface area (Å²) in [7, 11) is 1.61. The first-order valence-corrected chi connectivity index (χ1v) is 10.8. The summed E-state index contributed by atoms with van der Waals surface area (Å²) in [5, 5.41) is 2.68. The van der Waals surface area contributed by atoms with E-state index >= 15 is 0 Å². The minimum atomic E-state index is -1.16. The molecule has 0 saturated carbocycles. The van der Waals surface area contributed by atoms with E-state index in [1.54, 1.807) is 0 Å². The normalized spacial score (nSPS) is 19.4. The summed E-state index contributed by atoms with van der Waals surface area (Å²) in [6.07, 6.45) is 4.70. The SMILES string of the molecule is COCN(C(=O)OC)N1C(=O)CC[C@H]1/C=C/C[Si](C)(C)C. The van der Waals surface area contributed by atoms with Crippen LogP contribution in [0.5, 0.6) is 0 Å². The molecule has 1 fully saturated rings. The maximum atomic E-state index is 12.1. The van der Waals surface area contributed by atoms with E-state index in [-0.39, 0.29) is 18.7 Å². The van der Waals surface area contributed by atoms with Gasteiger partial charge >= 0.3 is 6.09 Å². The van der Waals surface area contributed by atoms with Gasteiger partial charge in [0.1, 0.15) is 6.73 Å². The highest BCUT2D eigenvalue weighted by Gasteiger charge is 2.37. The molecule has 0 aliphatic carbocycles. The quantitative estimate of drug-likeness (QED) is 0.429. The van der Waals surface area contributed by atoms with Gasteiger partial charge in [0.2, 0.25) is 5.91 Å². The molecule has 0 aromatic rings. The third kappa shape index (κ3) is 5.17. The number of hydrogen-bond donors (Lipinski definition) is 0. The van der Waals surface area contributed by atoms with Gasteiger partial charge in [-0.2, -0.15) is 5.01 Å². The minimum Gasteiger partial charge on any atom is -0.451 e. The topological polar surface area (TPSA) is 59.1 Å². The van der Waals surface area contributed by atoms with Crippen molar-refractivity contribution in [1.82, 2.24) is 10.0 Å². The number of ether oxygens (including phenoxy) is 2. The number of rotatable bonds is 6. The summed E-state index contributed by atoms with van der Waals surface area (Å²) in [6, 6.07) is 0.941. The molecule has 21 heavy (non-hydrogen) atoms. The fourth-order valence-corrected chi connectivity index (χ4v) is 3.04. The Morgan fingerprint density at radius 3 is 2.62 bits per heavy atom. The van der Waals surface area contributed by atoms with Gasteiger partial charge in [-0.3, -0.25) is 4.79 Å². The number of methoxy groups -OCH3 is 2. The summed E-state index contributed by atoms with van der Waals surface area (Å²) in [5.41, 5.74) is 0. The zero-order valence-electron chi connectivity index (χ0n) is 13.6. The van der Waals surface area contributed by atoms with Crippen LogP contribution in [0.3, 0.4) is 0 Å². The molecule has 0 spiro atoms. The summed E-state index contributed by atoms with van der Waals surface area (Å²) < 4.78 is 9.74. The van der Waals surface area contributed by atoms with Crippen LogP contribution in [-0.2, 0) is 14.3 Å². The number of nitrogens with zero attached hydrogens (tertiary/aromatic N) is 2. The lowest BCUT2D eigenvalue weighted by Gasteiger charge is -2.33. The molecule has 2 amide bonds.